The van der Waals surface area contributed by atoms with Crippen LogP contribution < -0.4 is 9.62 Å². The summed E-state index contributed by atoms with van der Waals surface area (Å²) in [5.74, 6) is 0.705. The number of hydrogen-bond donors (Lipinski definition) is 1. The number of rotatable bonds is 11. The van der Waals surface area contributed by atoms with E-state index in [2.05, 4.69) is 5.32 Å². The Morgan fingerprint density at radius 1 is 1.23 bits per heavy atom. The fourth-order valence-corrected chi connectivity index (χ4v) is 4.29. The summed E-state index contributed by atoms with van der Waals surface area (Å²) in [6.45, 7) is -0.107. The third kappa shape index (κ3) is 7.64. The van der Waals surface area contributed by atoms with Crippen molar-refractivity contribution in [1.82, 2.24) is 5.32 Å². The normalized spacial score (nSPS) is 11.1. The average molecular weight is 456 g/mol. The molecular weight excluding hydrogens is 433 g/mol. The molecule has 0 atom stereocenters. The summed E-state index contributed by atoms with van der Waals surface area (Å²) in [5.41, 5.74) is 0.794. The number of halogens is 1. The Morgan fingerprint density at radius 3 is 2.57 bits per heavy atom. The minimum absolute atomic E-state index is 0.0525. The standard InChI is InChI=1S/C19H22FN3O5S2/c1-30(27,28)22(17-4-2-5-18(12-17)23(25)26)13-19(24)21-10-3-11-29-14-15-6-8-16(20)9-7-15/h2,4-9,12H,3,10-11,13-14H2,1H3,(H,21,24). The predicted octanol–water partition coefficient (Wildman–Crippen LogP) is 2.94. The van der Waals surface area contributed by atoms with Crippen molar-refractivity contribution in [3.05, 3.63) is 70.0 Å². The van der Waals surface area contributed by atoms with Gasteiger partial charge < -0.3 is 5.32 Å². The quantitative estimate of drug-likeness (QED) is 0.317. The van der Waals surface area contributed by atoms with E-state index in [0.717, 1.165) is 33.7 Å². The molecule has 0 heterocycles. The molecule has 0 bridgehead atoms. The van der Waals surface area contributed by atoms with E-state index in [0.29, 0.717) is 13.0 Å². The second kappa shape index (κ2) is 10.9. The molecule has 0 aliphatic heterocycles. The van der Waals surface area contributed by atoms with E-state index in [4.69, 9.17) is 0 Å². The van der Waals surface area contributed by atoms with Crippen LogP contribution in [0.3, 0.4) is 0 Å². The van der Waals surface area contributed by atoms with Gasteiger partial charge >= 0.3 is 0 Å². The second-order valence-corrected chi connectivity index (χ2v) is 9.44. The Kier molecular flexibility index (Phi) is 8.60. The molecule has 0 saturated carbocycles. The van der Waals surface area contributed by atoms with Gasteiger partial charge in [-0.05, 0) is 35.9 Å². The van der Waals surface area contributed by atoms with Crippen molar-refractivity contribution < 1.29 is 22.5 Å². The van der Waals surface area contributed by atoms with Gasteiger partial charge in [-0.25, -0.2) is 12.8 Å². The van der Waals surface area contributed by atoms with E-state index >= 15 is 0 Å². The third-order valence-electron chi connectivity index (χ3n) is 3.99. The Hall–Kier alpha value is -2.66. The van der Waals surface area contributed by atoms with Gasteiger partial charge in [-0.1, -0.05) is 18.2 Å². The maximum Gasteiger partial charge on any atom is 0.271 e. The van der Waals surface area contributed by atoms with Crippen LogP contribution in [0.4, 0.5) is 15.8 Å². The van der Waals surface area contributed by atoms with Gasteiger partial charge in [-0.2, -0.15) is 11.8 Å². The summed E-state index contributed by atoms with van der Waals surface area (Å²) < 4.78 is 37.8. The van der Waals surface area contributed by atoms with Crippen molar-refractivity contribution in [3.8, 4) is 0 Å². The summed E-state index contributed by atoms with van der Waals surface area (Å²) >= 11 is 1.64. The van der Waals surface area contributed by atoms with Crippen molar-refractivity contribution in [2.45, 2.75) is 12.2 Å². The van der Waals surface area contributed by atoms with Crippen molar-refractivity contribution in [3.63, 3.8) is 0 Å². The lowest BCUT2D eigenvalue weighted by Crippen LogP contribution is -2.40. The van der Waals surface area contributed by atoms with Crippen LogP contribution in [0.2, 0.25) is 0 Å². The van der Waals surface area contributed by atoms with Gasteiger partial charge in [0.15, 0.2) is 0 Å². The molecule has 11 heteroatoms. The van der Waals surface area contributed by atoms with Gasteiger partial charge in [0.1, 0.15) is 12.4 Å². The van der Waals surface area contributed by atoms with Gasteiger partial charge in [0.2, 0.25) is 15.9 Å². The first kappa shape index (κ1) is 23.6. The Balaban J connectivity index is 1.81. The minimum Gasteiger partial charge on any atom is -0.354 e. The zero-order chi connectivity index (χ0) is 22.1. The summed E-state index contributed by atoms with van der Waals surface area (Å²) in [7, 11) is -3.81. The smallest absolute Gasteiger partial charge is 0.271 e. The monoisotopic (exact) mass is 455 g/mol. The van der Waals surface area contributed by atoms with Crippen LogP contribution in [0.25, 0.3) is 0 Å². The first-order valence-corrected chi connectivity index (χ1v) is 12.0. The number of sulfonamides is 1. The third-order valence-corrected chi connectivity index (χ3v) is 6.24. The summed E-state index contributed by atoms with van der Waals surface area (Å²) in [6, 6.07) is 11.4. The van der Waals surface area contributed by atoms with Crippen molar-refractivity contribution in [2.75, 3.05) is 29.4 Å². The maximum atomic E-state index is 12.9. The number of nitrogens with zero attached hydrogens (tertiary/aromatic N) is 2. The molecule has 30 heavy (non-hydrogen) atoms. The molecule has 0 aliphatic carbocycles. The van der Waals surface area contributed by atoms with Crippen LogP contribution in [0, 0.1) is 15.9 Å². The number of carbonyl (C=O) groups is 1. The van der Waals surface area contributed by atoms with Crippen molar-refractivity contribution in [1.29, 1.82) is 0 Å². The van der Waals surface area contributed by atoms with Crippen molar-refractivity contribution in [2.24, 2.45) is 0 Å². The number of nitrogens with one attached hydrogen (secondary N) is 1. The fraction of sp³-hybridized carbons (Fsp3) is 0.316. The Bertz CT molecular complexity index is 984. The van der Waals surface area contributed by atoms with Crippen LogP contribution in [-0.4, -0.2) is 44.3 Å². The molecule has 2 rings (SSSR count). The molecule has 2 aromatic rings. The van der Waals surface area contributed by atoms with E-state index in [-0.39, 0.29) is 17.2 Å². The number of carbonyl (C=O) groups excluding carboxylic acids is 1. The molecule has 0 fully saturated rings. The van der Waals surface area contributed by atoms with Gasteiger partial charge in [-0.3, -0.25) is 19.2 Å². The van der Waals surface area contributed by atoms with E-state index < -0.39 is 27.4 Å². The lowest BCUT2D eigenvalue weighted by atomic mass is 10.2. The largest absolute Gasteiger partial charge is 0.354 e. The van der Waals surface area contributed by atoms with E-state index in [1.807, 2.05) is 0 Å². The van der Waals surface area contributed by atoms with Gasteiger partial charge in [0, 0.05) is 24.4 Å². The molecule has 2 aromatic carbocycles. The highest BCUT2D eigenvalue weighted by atomic mass is 32.2. The van der Waals surface area contributed by atoms with E-state index in [9.17, 15) is 27.7 Å². The first-order chi connectivity index (χ1) is 14.2. The van der Waals surface area contributed by atoms with Crippen LogP contribution in [0.1, 0.15) is 12.0 Å². The SMILES string of the molecule is CS(=O)(=O)N(CC(=O)NCCCSCc1ccc(F)cc1)c1cccc([N+](=O)[O-])c1. The van der Waals surface area contributed by atoms with E-state index in [1.54, 1.807) is 23.9 Å². The number of non-ortho nitro benzene ring substituents is 1. The Labute approximate surface area is 178 Å². The van der Waals surface area contributed by atoms with Gasteiger partial charge in [0.05, 0.1) is 16.9 Å². The number of hydrogen-bond acceptors (Lipinski definition) is 6. The van der Waals surface area contributed by atoms with E-state index in [1.165, 1.54) is 30.3 Å². The highest BCUT2D eigenvalue weighted by Gasteiger charge is 2.22. The number of amides is 1. The van der Waals surface area contributed by atoms with Gasteiger partial charge in [-0.15, -0.1) is 0 Å². The molecule has 0 spiro atoms. The van der Waals surface area contributed by atoms with Crippen LogP contribution >= 0.6 is 11.8 Å². The predicted molar refractivity (Wildman–Crippen MR) is 115 cm³/mol. The second-order valence-electron chi connectivity index (χ2n) is 6.43. The lowest BCUT2D eigenvalue weighted by molar-refractivity contribution is -0.384. The molecule has 0 radical (unpaired) electrons. The number of nitro groups is 1. The molecular formula is C19H22FN3O5S2. The van der Waals surface area contributed by atoms with Crippen LogP contribution in [0.5, 0.6) is 0 Å². The average Bonchev–Trinajstić information content (AvgIpc) is 2.69. The molecule has 0 unspecified atom stereocenters. The topological polar surface area (TPSA) is 110 Å². The summed E-state index contributed by atoms with van der Waals surface area (Å²) in [6.07, 6.45) is 1.61. The fourth-order valence-electron chi connectivity index (χ4n) is 2.52. The minimum atomic E-state index is -3.81. The number of nitro benzene ring substituents is 1. The molecule has 0 saturated heterocycles. The molecule has 0 aliphatic rings. The lowest BCUT2D eigenvalue weighted by Gasteiger charge is -2.21. The van der Waals surface area contributed by atoms with Crippen molar-refractivity contribution >= 4 is 39.1 Å². The number of anilines is 1. The first-order valence-electron chi connectivity index (χ1n) is 8.98. The molecule has 8 nitrogen and oxygen atoms in total. The summed E-state index contributed by atoms with van der Waals surface area (Å²) in [5, 5.41) is 13.6. The molecule has 162 valence electrons. The van der Waals surface area contributed by atoms with Gasteiger partial charge in [0.25, 0.3) is 5.69 Å². The molecule has 1 N–H and O–H groups in total. The zero-order valence-corrected chi connectivity index (χ0v) is 17.9. The molecule has 1 amide bonds. The van der Waals surface area contributed by atoms with Crippen LogP contribution in [-0.2, 0) is 20.6 Å². The Morgan fingerprint density at radius 2 is 1.93 bits per heavy atom. The number of thioether (sulfide) groups is 1. The van der Waals surface area contributed by atoms with Crippen LogP contribution in [0.15, 0.2) is 48.5 Å². The maximum absolute atomic E-state index is 12.9. The summed E-state index contributed by atoms with van der Waals surface area (Å²) in [4.78, 5) is 22.5. The molecule has 0 aromatic heterocycles. The zero-order valence-electron chi connectivity index (χ0n) is 16.3. The highest BCUT2D eigenvalue weighted by molar-refractivity contribution is 7.98. The highest BCUT2D eigenvalue weighted by Crippen LogP contribution is 2.23. The number of benzene rings is 2.